The number of methoxy groups -OCH3 is 1. The standard InChI is InChI=1S/C19H17BrF3NO4S/c1-11-16(18(25)28-2)8-12-6-7-14(20)10-17(12)24(11)29(26,27)15-5-3-4-13(9-15)19(21,22)23/h3-7,9-11,16H,8H2,1-2H3. The number of carbonyl (C=O) groups excluding carboxylic acids is 1. The van der Waals surface area contributed by atoms with E-state index in [0.717, 1.165) is 22.5 Å². The van der Waals surface area contributed by atoms with Crippen LogP contribution in [0, 0.1) is 5.92 Å². The average Bonchev–Trinajstić information content (AvgIpc) is 2.66. The molecule has 3 rings (SSSR count). The van der Waals surface area contributed by atoms with Crippen molar-refractivity contribution in [1.29, 1.82) is 0 Å². The van der Waals surface area contributed by atoms with E-state index >= 15 is 0 Å². The van der Waals surface area contributed by atoms with Gasteiger partial charge >= 0.3 is 12.1 Å². The lowest BCUT2D eigenvalue weighted by molar-refractivity contribution is -0.146. The van der Waals surface area contributed by atoms with Crippen LogP contribution in [-0.4, -0.2) is 27.5 Å². The number of ether oxygens (including phenoxy) is 1. The molecule has 0 radical (unpaired) electrons. The molecule has 0 N–H and O–H groups in total. The first kappa shape index (κ1) is 21.6. The summed E-state index contributed by atoms with van der Waals surface area (Å²) in [4.78, 5) is 11.7. The summed E-state index contributed by atoms with van der Waals surface area (Å²) >= 11 is 3.29. The highest BCUT2D eigenvalue weighted by molar-refractivity contribution is 9.10. The maximum absolute atomic E-state index is 13.4. The molecule has 0 saturated carbocycles. The molecule has 0 spiro atoms. The number of anilines is 1. The molecule has 0 aliphatic carbocycles. The van der Waals surface area contributed by atoms with Gasteiger partial charge in [0.1, 0.15) is 0 Å². The number of esters is 1. The van der Waals surface area contributed by atoms with E-state index in [1.54, 1.807) is 18.2 Å². The zero-order chi connectivity index (χ0) is 21.6. The van der Waals surface area contributed by atoms with Crippen molar-refractivity contribution in [2.45, 2.75) is 30.5 Å². The molecule has 0 bridgehead atoms. The Balaban J connectivity index is 2.19. The molecule has 2 aromatic rings. The molecule has 0 fully saturated rings. The van der Waals surface area contributed by atoms with E-state index in [2.05, 4.69) is 15.9 Å². The molecule has 5 nitrogen and oxygen atoms in total. The van der Waals surface area contributed by atoms with Gasteiger partial charge in [-0.3, -0.25) is 9.10 Å². The number of hydrogen-bond acceptors (Lipinski definition) is 4. The van der Waals surface area contributed by atoms with E-state index in [1.165, 1.54) is 14.0 Å². The Kier molecular flexibility index (Phi) is 5.70. The van der Waals surface area contributed by atoms with Crippen LogP contribution in [0.1, 0.15) is 18.1 Å². The highest BCUT2D eigenvalue weighted by Crippen LogP contribution is 2.40. The lowest BCUT2D eigenvalue weighted by Gasteiger charge is -2.40. The van der Waals surface area contributed by atoms with Gasteiger partial charge in [0, 0.05) is 4.47 Å². The van der Waals surface area contributed by atoms with Crippen LogP contribution in [0.5, 0.6) is 0 Å². The highest BCUT2D eigenvalue weighted by Gasteiger charge is 2.43. The smallest absolute Gasteiger partial charge is 0.416 e. The van der Waals surface area contributed by atoms with Crippen molar-refractivity contribution >= 4 is 37.6 Å². The van der Waals surface area contributed by atoms with E-state index in [0.29, 0.717) is 21.8 Å². The molecule has 0 aromatic heterocycles. The molecule has 1 heterocycles. The minimum Gasteiger partial charge on any atom is -0.469 e. The van der Waals surface area contributed by atoms with Gasteiger partial charge in [-0.25, -0.2) is 8.42 Å². The molecule has 0 saturated heterocycles. The second-order valence-corrected chi connectivity index (χ2v) is 9.40. The first-order valence-electron chi connectivity index (χ1n) is 8.54. The van der Waals surface area contributed by atoms with Crippen molar-refractivity contribution in [1.82, 2.24) is 0 Å². The molecule has 156 valence electrons. The van der Waals surface area contributed by atoms with Gasteiger partial charge in [0.2, 0.25) is 0 Å². The number of carbonyl (C=O) groups is 1. The number of fused-ring (bicyclic) bond motifs is 1. The molecule has 2 unspecified atom stereocenters. The van der Waals surface area contributed by atoms with Crippen molar-refractivity contribution in [3.05, 3.63) is 58.1 Å². The summed E-state index contributed by atoms with van der Waals surface area (Å²) in [5, 5.41) is 0. The summed E-state index contributed by atoms with van der Waals surface area (Å²) in [7, 11) is -3.19. The Morgan fingerprint density at radius 3 is 2.52 bits per heavy atom. The summed E-state index contributed by atoms with van der Waals surface area (Å²) < 4.78 is 72.5. The molecule has 1 aliphatic heterocycles. The lowest BCUT2D eigenvalue weighted by Crippen LogP contribution is -2.49. The molecule has 29 heavy (non-hydrogen) atoms. The molecule has 1 aliphatic rings. The molecular formula is C19H17BrF3NO4S. The number of hydrogen-bond donors (Lipinski definition) is 0. The minimum atomic E-state index is -4.69. The summed E-state index contributed by atoms with van der Waals surface area (Å²) in [6.07, 6.45) is -4.43. The fourth-order valence-corrected chi connectivity index (χ4v) is 5.55. The van der Waals surface area contributed by atoms with E-state index in [-0.39, 0.29) is 6.42 Å². The topological polar surface area (TPSA) is 63.7 Å². The largest absolute Gasteiger partial charge is 0.469 e. The first-order valence-corrected chi connectivity index (χ1v) is 10.8. The van der Waals surface area contributed by atoms with E-state index in [9.17, 15) is 26.4 Å². The molecule has 2 aromatic carbocycles. The Bertz CT molecular complexity index is 1060. The lowest BCUT2D eigenvalue weighted by atomic mass is 9.88. The molecule has 2 atom stereocenters. The van der Waals surface area contributed by atoms with Crippen LogP contribution < -0.4 is 4.31 Å². The van der Waals surface area contributed by atoms with Gasteiger partial charge in [-0.05, 0) is 49.2 Å². The molecule has 0 amide bonds. The zero-order valence-electron chi connectivity index (χ0n) is 15.4. The van der Waals surface area contributed by atoms with Gasteiger partial charge in [-0.2, -0.15) is 13.2 Å². The van der Waals surface area contributed by atoms with Crippen LogP contribution in [0.3, 0.4) is 0 Å². The van der Waals surface area contributed by atoms with Crippen LogP contribution in [0.2, 0.25) is 0 Å². The van der Waals surface area contributed by atoms with Crippen molar-refractivity contribution in [3.63, 3.8) is 0 Å². The summed E-state index contributed by atoms with van der Waals surface area (Å²) in [6.45, 7) is 1.54. The van der Waals surface area contributed by atoms with Crippen LogP contribution in [-0.2, 0) is 32.2 Å². The van der Waals surface area contributed by atoms with Gasteiger partial charge in [0.05, 0.1) is 35.2 Å². The SMILES string of the molecule is COC(=O)C1Cc2ccc(Br)cc2N(S(=O)(=O)c2cccc(C(F)(F)F)c2)C1C. The third kappa shape index (κ3) is 4.00. The summed E-state index contributed by atoms with van der Waals surface area (Å²) in [6, 6.07) is 7.66. The number of benzene rings is 2. The van der Waals surface area contributed by atoms with Gasteiger partial charge in [-0.1, -0.05) is 28.1 Å². The van der Waals surface area contributed by atoms with E-state index < -0.39 is 44.6 Å². The fraction of sp³-hybridized carbons (Fsp3) is 0.316. The van der Waals surface area contributed by atoms with Crippen molar-refractivity contribution in [2.24, 2.45) is 5.92 Å². The maximum Gasteiger partial charge on any atom is 0.416 e. The minimum absolute atomic E-state index is 0.255. The van der Waals surface area contributed by atoms with E-state index in [1.807, 2.05) is 0 Å². The number of rotatable bonds is 3. The normalized spacial score (nSPS) is 19.6. The van der Waals surface area contributed by atoms with Gasteiger partial charge in [0.25, 0.3) is 10.0 Å². The third-order valence-corrected chi connectivity index (χ3v) is 7.29. The maximum atomic E-state index is 13.4. The van der Waals surface area contributed by atoms with Gasteiger partial charge in [-0.15, -0.1) is 0 Å². The first-order chi connectivity index (χ1) is 13.5. The Morgan fingerprint density at radius 2 is 1.90 bits per heavy atom. The van der Waals surface area contributed by atoms with Crippen LogP contribution >= 0.6 is 15.9 Å². The molecule has 10 heteroatoms. The predicted molar refractivity (Wildman–Crippen MR) is 104 cm³/mol. The quantitative estimate of drug-likeness (QED) is 0.597. The predicted octanol–water partition coefficient (Wildman–Crippen LogP) is 4.40. The number of nitrogens with zero attached hydrogens (tertiary/aromatic N) is 1. The summed E-state index contributed by atoms with van der Waals surface area (Å²) in [5.41, 5.74) is -0.177. The Labute approximate surface area is 174 Å². The highest BCUT2D eigenvalue weighted by atomic mass is 79.9. The second kappa shape index (κ2) is 7.64. The number of sulfonamides is 1. The van der Waals surface area contributed by atoms with E-state index in [4.69, 9.17) is 4.74 Å². The third-order valence-electron chi connectivity index (χ3n) is 4.90. The Hall–Kier alpha value is -2.07. The number of alkyl halides is 3. The van der Waals surface area contributed by atoms with Crippen LogP contribution in [0.25, 0.3) is 0 Å². The molecular weight excluding hydrogens is 475 g/mol. The van der Waals surface area contributed by atoms with Crippen LogP contribution in [0.15, 0.2) is 51.8 Å². The number of halogens is 4. The van der Waals surface area contributed by atoms with Crippen molar-refractivity contribution in [2.75, 3.05) is 11.4 Å². The van der Waals surface area contributed by atoms with Crippen molar-refractivity contribution < 1.29 is 31.1 Å². The Morgan fingerprint density at radius 1 is 1.21 bits per heavy atom. The van der Waals surface area contributed by atoms with Crippen LogP contribution in [0.4, 0.5) is 18.9 Å². The average molecular weight is 492 g/mol. The fourth-order valence-electron chi connectivity index (χ4n) is 3.43. The zero-order valence-corrected chi connectivity index (χ0v) is 17.8. The van der Waals surface area contributed by atoms with Gasteiger partial charge in [0.15, 0.2) is 0 Å². The van der Waals surface area contributed by atoms with Gasteiger partial charge < -0.3 is 4.74 Å². The second-order valence-electron chi connectivity index (χ2n) is 6.67. The summed E-state index contributed by atoms with van der Waals surface area (Å²) in [5.74, 6) is -1.38. The monoisotopic (exact) mass is 491 g/mol. The van der Waals surface area contributed by atoms with Crippen molar-refractivity contribution in [3.8, 4) is 0 Å².